The van der Waals surface area contributed by atoms with Crippen LogP contribution >= 0.6 is 0 Å². The first-order chi connectivity index (χ1) is 13.4. The summed E-state index contributed by atoms with van der Waals surface area (Å²) in [6, 6.07) is 11.3. The van der Waals surface area contributed by atoms with Crippen LogP contribution in [0.1, 0.15) is 63.9 Å². The molecule has 0 heterocycles. The molecule has 0 saturated heterocycles. The number of phenols is 1. The molecule has 0 aliphatic carbocycles. The van der Waals surface area contributed by atoms with Crippen molar-refractivity contribution in [2.75, 3.05) is 0 Å². The highest BCUT2D eigenvalue weighted by Gasteiger charge is 2.18. The third-order valence-electron chi connectivity index (χ3n) is 4.70. The van der Waals surface area contributed by atoms with Gasteiger partial charge in [-0.15, -0.1) is 0 Å². The van der Waals surface area contributed by atoms with Gasteiger partial charge in [-0.2, -0.15) is 8.42 Å². The highest BCUT2D eigenvalue weighted by Crippen LogP contribution is 2.37. The standard InChI is InChI=1S/C22H30O5S/c1-2-3-4-5-6-7-8-10-13-18-16-20(28(24,25)26)17-21(22(18)23)27-19-14-11-9-12-15-19/h9,11-12,14-17,23H,2-8,10,13H2,1H3,(H,24,25,26). The normalized spacial score (nSPS) is 11.5. The Morgan fingerprint density at radius 3 is 2.11 bits per heavy atom. The van der Waals surface area contributed by atoms with Crippen molar-refractivity contribution in [3.05, 3.63) is 48.0 Å². The van der Waals surface area contributed by atoms with Crippen LogP contribution in [-0.4, -0.2) is 18.1 Å². The zero-order valence-corrected chi connectivity index (χ0v) is 17.2. The van der Waals surface area contributed by atoms with E-state index < -0.39 is 10.1 Å². The van der Waals surface area contributed by atoms with E-state index in [-0.39, 0.29) is 16.4 Å². The predicted molar refractivity (Wildman–Crippen MR) is 111 cm³/mol. The SMILES string of the molecule is CCCCCCCCCCc1cc(S(=O)(=O)O)cc(Oc2ccccc2)c1O. The van der Waals surface area contributed by atoms with Crippen LogP contribution in [-0.2, 0) is 16.5 Å². The van der Waals surface area contributed by atoms with Crippen LogP contribution in [0.15, 0.2) is 47.4 Å². The lowest BCUT2D eigenvalue weighted by molar-refractivity contribution is 0.403. The smallest absolute Gasteiger partial charge is 0.294 e. The van der Waals surface area contributed by atoms with Gasteiger partial charge in [-0.25, -0.2) is 0 Å². The average Bonchev–Trinajstić information content (AvgIpc) is 2.66. The van der Waals surface area contributed by atoms with Gasteiger partial charge < -0.3 is 9.84 Å². The summed E-state index contributed by atoms with van der Waals surface area (Å²) in [5.74, 6) is 0.415. The van der Waals surface area contributed by atoms with E-state index in [1.165, 1.54) is 38.2 Å². The van der Waals surface area contributed by atoms with Crippen LogP contribution in [0.3, 0.4) is 0 Å². The molecule has 28 heavy (non-hydrogen) atoms. The van der Waals surface area contributed by atoms with E-state index in [2.05, 4.69) is 6.92 Å². The van der Waals surface area contributed by atoms with Crippen molar-refractivity contribution in [2.24, 2.45) is 0 Å². The van der Waals surface area contributed by atoms with Crippen LogP contribution in [0.25, 0.3) is 0 Å². The fraction of sp³-hybridized carbons (Fsp3) is 0.455. The number of rotatable bonds is 12. The van der Waals surface area contributed by atoms with Crippen LogP contribution < -0.4 is 4.74 Å². The average molecular weight is 407 g/mol. The van der Waals surface area contributed by atoms with Gasteiger partial charge in [0.2, 0.25) is 0 Å². The summed E-state index contributed by atoms with van der Waals surface area (Å²) < 4.78 is 38.3. The first-order valence-electron chi connectivity index (χ1n) is 9.98. The number of benzene rings is 2. The molecular formula is C22H30O5S. The maximum absolute atomic E-state index is 11.6. The lowest BCUT2D eigenvalue weighted by Crippen LogP contribution is -2.01. The molecule has 0 fully saturated rings. The van der Waals surface area contributed by atoms with Crippen LogP contribution in [0.4, 0.5) is 0 Å². The second-order valence-corrected chi connectivity index (χ2v) is 8.47. The fourth-order valence-electron chi connectivity index (χ4n) is 3.12. The lowest BCUT2D eigenvalue weighted by Gasteiger charge is -2.13. The zero-order valence-electron chi connectivity index (χ0n) is 16.4. The molecule has 6 heteroatoms. The summed E-state index contributed by atoms with van der Waals surface area (Å²) in [6.45, 7) is 2.20. The minimum Gasteiger partial charge on any atom is -0.504 e. The van der Waals surface area contributed by atoms with Crippen molar-refractivity contribution in [1.29, 1.82) is 0 Å². The lowest BCUT2D eigenvalue weighted by atomic mass is 10.0. The summed E-state index contributed by atoms with van der Waals surface area (Å²) in [4.78, 5) is -0.272. The largest absolute Gasteiger partial charge is 0.504 e. The van der Waals surface area contributed by atoms with Gasteiger partial charge in [0.25, 0.3) is 10.1 Å². The molecule has 2 aromatic rings. The van der Waals surface area contributed by atoms with Crippen molar-refractivity contribution in [3.8, 4) is 17.2 Å². The molecule has 0 saturated carbocycles. The fourth-order valence-corrected chi connectivity index (χ4v) is 3.67. The molecule has 0 aliphatic heterocycles. The topological polar surface area (TPSA) is 83.8 Å². The van der Waals surface area contributed by atoms with Gasteiger partial charge in [0.15, 0.2) is 11.5 Å². The number of phenolic OH excluding ortho intramolecular Hbond substituents is 1. The van der Waals surface area contributed by atoms with Crippen molar-refractivity contribution < 1.29 is 22.8 Å². The van der Waals surface area contributed by atoms with Crippen LogP contribution in [0, 0.1) is 0 Å². The Morgan fingerprint density at radius 1 is 0.893 bits per heavy atom. The number of aryl methyl sites for hydroxylation is 1. The van der Waals surface area contributed by atoms with Crippen molar-refractivity contribution >= 4 is 10.1 Å². The molecule has 154 valence electrons. The second kappa shape index (κ2) is 11.1. The minimum absolute atomic E-state index is 0.0240. The van der Waals surface area contributed by atoms with E-state index in [1.54, 1.807) is 24.3 Å². The second-order valence-electron chi connectivity index (χ2n) is 7.04. The number of para-hydroxylation sites is 1. The van der Waals surface area contributed by atoms with Crippen LogP contribution in [0.2, 0.25) is 0 Å². The van der Waals surface area contributed by atoms with E-state index in [0.29, 0.717) is 17.7 Å². The molecule has 0 atom stereocenters. The third kappa shape index (κ3) is 7.17. The Hall–Kier alpha value is -2.05. The number of aromatic hydroxyl groups is 1. The predicted octanol–water partition coefficient (Wildman–Crippen LogP) is 6.11. The highest BCUT2D eigenvalue weighted by molar-refractivity contribution is 7.85. The third-order valence-corrected chi connectivity index (χ3v) is 5.53. The molecule has 0 aliphatic rings. The summed E-state index contributed by atoms with van der Waals surface area (Å²) in [5.41, 5.74) is 0.465. The van der Waals surface area contributed by atoms with Crippen molar-refractivity contribution in [3.63, 3.8) is 0 Å². The monoisotopic (exact) mass is 406 g/mol. The Labute approximate surface area is 168 Å². The molecule has 0 radical (unpaired) electrons. The molecule has 0 amide bonds. The number of unbranched alkanes of at least 4 members (excludes halogenated alkanes) is 7. The van der Waals surface area contributed by atoms with E-state index in [4.69, 9.17) is 4.74 Å². The van der Waals surface area contributed by atoms with Crippen molar-refractivity contribution in [1.82, 2.24) is 0 Å². The van der Waals surface area contributed by atoms with Gasteiger partial charge in [-0.05, 0) is 36.6 Å². The molecule has 5 nitrogen and oxygen atoms in total. The summed E-state index contributed by atoms with van der Waals surface area (Å²) in [7, 11) is -4.40. The van der Waals surface area contributed by atoms with Crippen LogP contribution in [0.5, 0.6) is 17.2 Å². The number of hydrogen-bond acceptors (Lipinski definition) is 4. The van der Waals surface area contributed by atoms with Gasteiger partial charge in [0.05, 0.1) is 4.90 Å². The highest BCUT2D eigenvalue weighted by atomic mass is 32.2. The molecular weight excluding hydrogens is 376 g/mol. The summed E-state index contributed by atoms with van der Waals surface area (Å²) in [6.07, 6.45) is 9.71. The van der Waals surface area contributed by atoms with Gasteiger partial charge in [0, 0.05) is 6.07 Å². The summed E-state index contributed by atoms with van der Waals surface area (Å²) in [5, 5.41) is 10.5. The van der Waals surface area contributed by atoms with Gasteiger partial charge >= 0.3 is 0 Å². The van der Waals surface area contributed by atoms with Gasteiger partial charge in [-0.1, -0.05) is 70.1 Å². The van der Waals surface area contributed by atoms with E-state index in [1.807, 2.05) is 6.07 Å². The van der Waals surface area contributed by atoms with E-state index >= 15 is 0 Å². The van der Waals surface area contributed by atoms with E-state index in [9.17, 15) is 18.1 Å². The maximum atomic E-state index is 11.6. The number of hydrogen-bond donors (Lipinski definition) is 2. The maximum Gasteiger partial charge on any atom is 0.294 e. The molecule has 2 N–H and O–H groups in total. The number of ether oxygens (including phenoxy) is 1. The molecule has 0 aromatic heterocycles. The Balaban J connectivity index is 2.05. The van der Waals surface area contributed by atoms with E-state index in [0.717, 1.165) is 25.3 Å². The first kappa shape index (κ1) is 22.2. The molecule has 0 spiro atoms. The molecule has 2 aromatic carbocycles. The minimum atomic E-state index is -4.40. The zero-order chi connectivity index (χ0) is 20.4. The Kier molecular flexibility index (Phi) is 8.80. The van der Waals surface area contributed by atoms with Crippen molar-refractivity contribution in [2.45, 2.75) is 69.6 Å². The summed E-state index contributed by atoms with van der Waals surface area (Å²) >= 11 is 0. The van der Waals surface area contributed by atoms with Gasteiger partial charge in [0.1, 0.15) is 5.75 Å². The molecule has 0 unspecified atom stereocenters. The molecule has 0 bridgehead atoms. The molecule has 2 rings (SSSR count). The quantitative estimate of drug-likeness (QED) is 0.328. The Bertz CT molecular complexity index is 832. The van der Waals surface area contributed by atoms with Gasteiger partial charge in [-0.3, -0.25) is 4.55 Å². The Morgan fingerprint density at radius 2 is 1.50 bits per heavy atom. The first-order valence-corrected chi connectivity index (χ1v) is 11.4.